The second-order valence-corrected chi connectivity index (χ2v) is 5.45. The van der Waals surface area contributed by atoms with Crippen LogP contribution in [-0.2, 0) is 0 Å². The maximum atomic E-state index is 11.7. The van der Waals surface area contributed by atoms with E-state index in [4.69, 9.17) is 5.73 Å². The third-order valence-electron chi connectivity index (χ3n) is 3.31. The summed E-state index contributed by atoms with van der Waals surface area (Å²) in [7, 11) is 1.59. The number of carbonyl (C=O) groups is 1. The van der Waals surface area contributed by atoms with Gasteiger partial charge in [0.25, 0.3) is 5.91 Å². The summed E-state index contributed by atoms with van der Waals surface area (Å²) in [5.41, 5.74) is 6.18. The first-order chi connectivity index (χ1) is 9.22. The van der Waals surface area contributed by atoms with E-state index in [1.54, 1.807) is 7.05 Å². The molecule has 1 aromatic rings. The standard InChI is InChI=1S/C12H21N5OS/c1-14-11(18)9-10(13)16-19-12(9)15-5-4-8-17-6-2-3-7-17/h15H,2-8H2,1H3,(H2,13,16)(H,14,18). The molecule has 6 nitrogen and oxygen atoms in total. The van der Waals surface area contributed by atoms with Crippen LogP contribution in [0, 0.1) is 0 Å². The van der Waals surface area contributed by atoms with Gasteiger partial charge in [-0.2, -0.15) is 4.37 Å². The third kappa shape index (κ3) is 3.57. The first kappa shape index (κ1) is 14.1. The number of nitrogens with one attached hydrogen (secondary N) is 2. The molecular weight excluding hydrogens is 262 g/mol. The Labute approximate surface area is 117 Å². The van der Waals surface area contributed by atoms with Crippen molar-refractivity contribution in [3.8, 4) is 0 Å². The minimum absolute atomic E-state index is 0.187. The van der Waals surface area contributed by atoms with Crippen LogP contribution in [-0.4, -0.2) is 48.4 Å². The maximum absolute atomic E-state index is 11.7. The highest BCUT2D eigenvalue weighted by Crippen LogP contribution is 2.26. The molecule has 1 saturated heterocycles. The molecule has 1 amide bonds. The summed E-state index contributed by atoms with van der Waals surface area (Å²) in [6, 6.07) is 0. The second kappa shape index (κ2) is 6.72. The SMILES string of the molecule is CNC(=O)c1c(N)nsc1NCCCN1CCCC1. The fourth-order valence-electron chi connectivity index (χ4n) is 2.28. The van der Waals surface area contributed by atoms with E-state index in [1.807, 2.05) is 0 Å². The average molecular weight is 283 g/mol. The van der Waals surface area contributed by atoms with Gasteiger partial charge in [-0.15, -0.1) is 0 Å². The minimum Gasteiger partial charge on any atom is -0.382 e. The van der Waals surface area contributed by atoms with Crippen molar-refractivity contribution in [1.29, 1.82) is 0 Å². The molecule has 19 heavy (non-hydrogen) atoms. The van der Waals surface area contributed by atoms with Crippen LogP contribution in [0.4, 0.5) is 10.8 Å². The zero-order chi connectivity index (χ0) is 13.7. The molecule has 0 saturated carbocycles. The first-order valence-corrected chi connectivity index (χ1v) is 7.43. The number of hydrogen-bond acceptors (Lipinski definition) is 6. The van der Waals surface area contributed by atoms with E-state index in [-0.39, 0.29) is 5.91 Å². The number of hydrogen-bond donors (Lipinski definition) is 3. The van der Waals surface area contributed by atoms with Crippen molar-refractivity contribution in [2.45, 2.75) is 19.3 Å². The Hall–Kier alpha value is -1.34. The van der Waals surface area contributed by atoms with E-state index in [9.17, 15) is 4.79 Å². The third-order valence-corrected chi connectivity index (χ3v) is 4.13. The highest BCUT2D eigenvalue weighted by Gasteiger charge is 2.18. The Kier molecular flexibility index (Phi) is 4.98. The predicted octanol–water partition coefficient (Wildman–Crippen LogP) is 0.983. The molecule has 0 aliphatic carbocycles. The Morgan fingerprint density at radius 1 is 1.47 bits per heavy atom. The van der Waals surface area contributed by atoms with Gasteiger partial charge in [-0.05, 0) is 50.4 Å². The molecule has 106 valence electrons. The Morgan fingerprint density at radius 3 is 2.89 bits per heavy atom. The predicted molar refractivity (Wildman–Crippen MR) is 78.7 cm³/mol. The van der Waals surface area contributed by atoms with Gasteiger partial charge in [-0.3, -0.25) is 4.79 Å². The van der Waals surface area contributed by atoms with E-state index in [0.717, 1.165) is 24.5 Å². The maximum Gasteiger partial charge on any atom is 0.257 e. The lowest BCUT2D eigenvalue weighted by molar-refractivity contribution is 0.0965. The molecule has 4 N–H and O–H groups in total. The van der Waals surface area contributed by atoms with Crippen LogP contribution < -0.4 is 16.4 Å². The van der Waals surface area contributed by atoms with Gasteiger partial charge >= 0.3 is 0 Å². The Morgan fingerprint density at radius 2 is 2.21 bits per heavy atom. The highest BCUT2D eigenvalue weighted by atomic mass is 32.1. The summed E-state index contributed by atoms with van der Waals surface area (Å²) in [6.45, 7) is 4.38. The number of anilines is 2. The second-order valence-electron chi connectivity index (χ2n) is 4.68. The molecule has 1 aliphatic rings. The molecule has 7 heteroatoms. The molecule has 0 radical (unpaired) electrons. The number of nitrogen functional groups attached to an aromatic ring is 1. The fraction of sp³-hybridized carbons (Fsp3) is 0.667. The van der Waals surface area contributed by atoms with Crippen molar-refractivity contribution in [1.82, 2.24) is 14.6 Å². The molecule has 2 rings (SSSR count). The molecule has 1 aromatic heterocycles. The molecule has 0 spiro atoms. The van der Waals surface area contributed by atoms with Crippen molar-refractivity contribution >= 4 is 28.3 Å². The van der Waals surface area contributed by atoms with Crippen molar-refractivity contribution in [3.05, 3.63) is 5.56 Å². The smallest absolute Gasteiger partial charge is 0.257 e. The van der Waals surface area contributed by atoms with Gasteiger partial charge in [0.2, 0.25) is 0 Å². The molecule has 2 heterocycles. The first-order valence-electron chi connectivity index (χ1n) is 6.66. The summed E-state index contributed by atoms with van der Waals surface area (Å²) in [5, 5.41) is 6.61. The number of likely N-dealkylation sites (tertiary alicyclic amines) is 1. The molecule has 0 atom stereocenters. The lowest BCUT2D eigenvalue weighted by Crippen LogP contribution is -2.23. The number of rotatable bonds is 6. The number of amides is 1. The van der Waals surface area contributed by atoms with Crippen LogP contribution in [0.1, 0.15) is 29.6 Å². The lowest BCUT2D eigenvalue weighted by Gasteiger charge is -2.14. The topological polar surface area (TPSA) is 83.3 Å². The van der Waals surface area contributed by atoms with Crippen LogP contribution in [0.2, 0.25) is 0 Å². The minimum atomic E-state index is -0.187. The molecule has 1 aliphatic heterocycles. The summed E-state index contributed by atoms with van der Waals surface area (Å²) < 4.78 is 4.03. The van der Waals surface area contributed by atoms with E-state index >= 15 is 0 Å². The lowest BCUT2D eigenvalue weighted by atomic mass is 10.3. The number of nitrogens with zero attached hydrogens (tertiary/aromatic N) is 2. The molecule has 0 bridgehead atoms. The van der Waals surface area contributed by atoms with Gasteiger partial charge in [-0.25, -0.2) is 0 Å². The average Bonchev–Trinajstić information content (AvgIpc) is 3.04. The Balaban J connectivity index is 1.80. The quantitative estimate of drug-likeness (QED) is 0.678. The zero-order valence-electron chi connectivity index (χ0n) is 11.2. The largest absolute Gasteiger partial charge is 0.382 e. The Bertz CT molecular complexity index is 428. The van der Waals surface area contributed by atoms with Gasteiger partial charge in [0.1, 0.15) is 10.6 Å². The van der Waals surface area contributed by atoms with Crippen molar-refractivity contribution < 1.29 is 4.79 Å². The summed E-state index contributed by atoms with van der Waals surface area (Å²) >= 11 is 1.24. The van der Waals surface area contributed by atoms with Crippen LogP contribution in [0.15, 0.2) is 0 Å². The van der Waals surface area contributed by atoms with E-state index in [2.05, 4.69) is 19.9 Å². The van der Waals surface area contributed by atoms with Crippen LogP contribution >= 0.6 is 11.5 Å². The van der Waals surface area contributed by atoms with Gasteiger partial charge in [0.15, 0.2) is 5.82 Å². The summed E-state index contributed by atoms with van der Waals surface area (Å²) in [5.74, 6) is 0.111. The number of aromatic nitrogens is 1. The van der Waals surface area contributed by atoms with E-state index in [0.29, 0.717) is 11.4 Å². The highest BCUT2D eigenvalue weighted by molar-refractivity contribution is 7.11. The fourth-order valence-corrected chi connectivity index (χ4v) is 3.01. The van der Waals surface area contributed by atoms with Crippen LogP contribution in [0.25, 0.3) is 0 Å². The number of nitrogens with two attached hydrogens (primary N) is 1. The molecule has 0 aromatic carbocycles. The van der Waals surface area contributed by atoms with Gasteiger partial charge in [-0.1, -0.05) is 0 Å². The van der Waals surface area contributed by atoms with E-state index < -0.39 is 0 Å². The summed E-state index contributed by atoms with van der Waals surface area (Å²) in [6.07, 6.45) is 3.70. The van der Waals surface area contributed by atoms with E-state index in [1.165, 1.54) is 37.5 Å². The zero-order valence-corrected chi connectivity index (χ0v) is 12.1. The van der Waals surface area contributed by atoms with Crippen molar-refractivity contribution in [2.24, 2.45) is 0 Å². The molecule has 0 unspecified atom stereocenters. The van der Waals surface area contributed by atoms with Gasteiger partial charge in [0.05, 0.1) is 0 Å². The molecular formula is C12H21N5OS. The van der Waals surface area contributed by atoms with Gasteiger partial charge < -0.3 is 21.3 Å². The monoisotopic (exact) mass is 283 g/mol. The van der Waals surface area contributed by atoms with Crippen molar-refractivity contribution in [3.63, 3.8) is 0 Å². The van der Waals surface area contributed by atoms with Crippen LogP contribution in [0.5, 0.6) is 0 Å². The molecule has 1 fully saturated rings. The summed E-state index contributed by atoms with van der Waals surface area (Å²) in [4.78, 5) is 14.2. The normalized spacial score (nSPS) is 15.6. The van der Waals surface area contributed by atoms with Gasteiger partial charge in [0, 0.05) is 13.6 Å². The van der Waals surface area contributed by atoms with Crippen molar-refractivity contribution in [2.75, 3.05) is 44.3 Å². The van der Waals surface area contributed by atoms with Crippen LogP contribution in [0.3, 0.4) is 0 Å². The number of carbonyl (C=O) groups excluding carboxylic acids is 1.